The van der Waals surface area contributed by atoms with Crippen LogP contribution in [0.3, 0.4) is 0 Å². The van der Waals surface area contributed by atoms with E-state index in [0.717, 1.165) is 12.1 Å². The Morgan fingerprint density at radius 1 is 1.22 bits per heavy atom. The highest BCUT2D eigenvalue weighted by atomic mass is 19.4. The summed E-state index contributed by atoms with van der Waals surface area (Å²) in [6, 6.07) is 9.49. The number of hydrogen-bond donors (Lipinski definition) is 1. The minimum atomic E-state index is -4.38. The zero-order valence-corrected chi connectivity index (χ0v) is 14.7. The van der Waals surface area contributed by atoms with E-state index in [4.69, 9.17) is 14.7 Å². The number of rotatable bonds is 7. The molecule has 0 saturated heterocycles. The highest BCUT2D eigenvalue weighted by Crippen LogP contribution is 2.29. The van der Waals surface area contributed by atoms with Gasteiger partial charge in [-0.2, -0.15) is 13.2 Å². The molecule has 0 bridgehead atoms. The lowest BCUT2D eigenvalue weighted by Gasteiger charge is -2.10. The van der Waals surface area contributed by atoms with Crippen molar-refractivity contribution < 1.29 is 32.6 Å². The quantitative estimate of drug-likeness (QED) is 0.568. The van der Waals surface area contributed by atoms with Crippen molar-refractivity contribution in [3.05, 3.63) is 64.7 Å². The van der Waals surface area contributed by atoms with Gasteiger partial charge >= 0.3 is 12.1 Å². The second-order valence-corrected chi connectivity index (χ2v) is 5.76. The fraction of sp³-hybridized carbons (Fsp3) is 0.263. The Bertz CT molecular complexity index is 817. The van der Waals surface area contributed by atoms with Gasteiger partial charge in [-0.3, -0.25) is 4.79 Å². The summed E-state index contributed by atoms with van der Waals surface area (Å²) in [5.41, 5.74) is 0.896. The smallest absolute Gasteiger partial charge is 0.416 e. The highest BCUT2D eigenvalue weighted by molar-refractivity contribution is 5.84. The number of hydrogen-bond acceptors (Lipinski definition) is 4. The van der Waals surface area contributed by atoms with Gasteiger partial charge in [0.25, 0.3) is 0 Å². The van der Waals surface area contributed by atoms with E-state index in [1.165, 1.54) is 25.5 Å². The predicted octanol–water partition coefficient (Wildman–Crippen LogP) is 4.45. The second kappa shape index (κ2) is 8.57. The number of alkyl halides is 3. The van der Waals surface area contributed by atoms with E-state index in [0.29, 0.717) is 22.4 Å². The first-order valence-electron chi connectivity index (χ1n) is 7.94. The van der Waals surface area contributed by atoms with Gasteiger partial charge in [0.2, 0.25) is 0 Å². The van der Waals surface area contributed by atoms with E-state index in [1.807, 2.05) is 0 Å². The first kappa shape index (κ1) is 20.3. The molecule has 0 aromatic heterocycles. The molecule has 0 aliphatic rings. The lowest BCUT2D eigenvalue weighted by Crippen LogP contribution is -2.08. The first-order valence-corrected chi connectivity index (χ1v) is 7.94. The number of halogens is 3. The monoisotopic (exact) mass is 381 g/mol. The van der Waals surface area contributed by atoms with E-state index >= 15 is 0 Å². The van der Waals surface area contributed by atoms with Crippen molar-refractivity contribution in [3.8, 4) is 5.75 Å². The van der Waals surface area contributed by atoms with Gasteiger partial charge in [0.15, 0.2) is 0 Å². The molecule has 2 rings (SSSR count). The number of carboxylic acids is 1. The van der Waals surface area contributed by atoms with Crippen molar-refractivity contribution in [2.45, 2.75) is 25.6 Å². The number of nitrogens with zero attached hydrogens (tertiary/aromatic N) is 1. The van der Waals surface area contributed by atoms with Gasteiger partial charge in [0.1, 0.15) is 12.4 Å². The van der Waals surface area contributed by atoms with E-state index in [9.17, 15) is 18.0 Å². The molecule has 0 amide bonds. The standard InChI is InChI=1S/C19H18F3NO4/c1-12(18(24)25)14-5-8-17(26-2)15(9-14)10-23-27-11-13-3-6-16(7-4-13)19(20,21)22/h3-10,12H,11H2,1-2H3,(H,24,25). The van der Waals surface area contributed by atoms with Crippen molar-refractivity contribution >= 4 is 12.2 Å². The molecule has 0 spiro atoms. The van der Waals surface area contributed by atoms with Crippen molar-refractivity contribution in [2.75, 3.05) is 7.11 Å². The molecule has 144 valence electrons. The normalized spacial score (nSPS) is 12.8. The third-order valence-corrected chi connectivity index (χ3v) is 3.90. The van der Waals surface area contributed by atoms with Gasteiger partial charge in [-0.05, 0) is 42.3 Å². The predicted molar refractivity (Wildman–Crippen MR) is 92.9 cm³/mol. The molecular formula is C19H18F3NO4. The van der Waals surface area contributed by atoms with E-state index in [2.05, 4.69) is 5.16 Å². The Balaban J connectivity index is 2.05. The fourth-order valence-electron chi connectivity index (χ4n) is 2.26. The summed E-state index contributed by atoms with van der Waals surface area (Å²) >= 11 is 0. The molecule has 0 aliphatic heterocycles. The van der Waals surface area contributed by atoms with E-state index < -0.39 is 23.6 Å². The lowest BCUT2D eigenvalue weighted by molar-refractivity contribution is -0.138. The molecule has 1 unspecified atom stereocenters. The molecule has 1 N–H and O–H groups in total. The van der Waals surface area contributed by atoms with Crippen LogP contribution in [0.25, 0.3) is 0 Å². The Morgan fingerprint density at radius 3 is 2.44 bits per heavy atom. The van der Waals surface area contributed by atoms with E-state index in [-0.39, 0.29) is 6.61 Å². The van der Waals surface area contributed by atoms with Crippen LogP contribution in [-0.4, -0.2) is 24.4 Å². The van der Waals surface area contributed by atoms with Gasteiger partial charge in [-0.1, -0.05) is 23.4 Å². The molecule has 0 radical (unpaired) electrons. The topological polar surface area (TPSA) is 68.1 Å². The van der Waals surface area contributed by atoms with Crippen LogP contribution in [0.4, 0.5) is 13.2 Å². The third-order valence-electron chi connectivity index (χ3n) is 3.90. The number of carbonyl (C=O) groups is 1. The molecule has 2 aromatic rings. The molecule has 27 heavy (non-hydrogen) atoms. The molecule has 1 atom stereocenters. The van der Waals surface area contributed by atoms with Gasteiger partial charge in [-0.15, -0.1) is 0 Å². The highest BCUT2D eigenvalue weighted by Gasteiger charge is 2.29. The number of aliphatic carboxylic acids is 1. The molecule has 0 aliphatic carbocycles. The third kappa shape index (κ3) is 5.47. The Morgan fingerprint density at radius 2 is 1.89 bits per heavy atom. The summed E-state index contributed by atoms with van der Waals surface area (Å²) in [6.45, 7) is 1.55. The average molecular weight is 381 g/mol. The molecule has 0 saturated carbocycles. The van der Waals surface area contributed by atoms with Crippen LogP contribution in [0.5, 0.6) is 5.75 Å². The largest absolute Gasteiger partial charge is 0.496 e. The molecular weight excluding hydrogens is 363 g/mol. The average Bonchev–Trinajstić information content (AvgIpc) is 2.64. The molecule has 0 heterocycles. The van der Waals surface area contributed by atoms with Crippen molar-refractivity contribution in [1.29, 1.82) is 0 Å². The van der Waals surface area contributed by atoms with Crippen LogP contribution < -0.4 is 4.74 Å². The van der Waals surface area contributed by atoms with Crippen molar-refractivity contribution in [1.82, 2.24) is 0 Å². The maximum Gasteiger partial charge on any atom is 0.416 e. The van der Waals surface area contributed by atoms with Crippen LogP contribution in [-0.2, 0) is 22.4 Å². The lowest BCUT2D eigenvalue weighted by atomic mass is 9.99. The number of methoxy groups -OCH3 is 1. The minimum Gasteiger partial charge on any atom is -0.496 e. The Labute approximate surface area is 154 Å². The van der Waals surface area contributed by atoms with Crippen LogP contribution in [0.15, 0.2) is 47.6 Å². The van der Waals surface area contributed by atoms with Crippen LogP contribution in [0.2, 0.25) is 0 Å². The van der Waals surface area contributed by atoms with Crippen molar-refractivity contribution in [2.24, 2.45) is 5.16 Å². The van der Waals surface area contributed by atoms with Gasteiger partial charge in [-0.25, -0.2) is 0 Å². The fourth-order valence-corrected chi connectivity index (χ4v) is 2.26. The Hall–Kier alpha value is -3.03. The summed E-state index contributed by atoms with van der Waals surface area (Å²) in [5, 5.41) is 12.9. The number of benzene rings is 2. The Kier molecular flexibility index (Phi) is 6.44. The summed E-state index contributed by atoms with van der Waals surface area (Å²) in [6.07, 6.45) is -3.02. The molecule has 5 nitrogen and oxygen atoms in total. The number of carboxylic acid groups (broad SMARTS) is 1. The van der Waals surface area contributed by atoms with Crippen LogP contribution in [0, 0.1) is 0 Å². The summed E-state index contributed by atoms with van der Waals surface area (Å²) in [7, 11) is 1.47. The zero-order chi connectivity index (χ0) is 20.0. The van der Waals surface area contributed by atoms with Crippen molar-refractivity contribution in [3.63, 3.8) is 0 Å². The SMILES string of the molecule is COc1ccc(C(C)C(=O)O)cc1C=NOCc1ccc(C(F)(F)F)cc1. The molecule has 0 fully saturated rings. The molecule has 2 aromatic carbocycles. The number of oxime groups is 1. The zero-order valence-electron chi connectivity index (χ0n) is 14.7. The second-order valence-electron chi connectivity index (χ2n) is 5.76. The number of ether oxygens (including phenoxy) is 1. The maximum atomic E-state index is 12.5. The summed E-state index contributed by atoms with van der Waals surface area (Å²) in [4.78, 5) is 16.2. The van der Waals surface area contributed by atoms with Gasteiger partial charge in [0, 0.05) is 5.56 Å². The minimum absolute atomic E-state index is 0.0117. The molecule has 8 heteroatoms. The summed E-state index contributed by atoms with van der Waals surface area (Å²) in [5.74, 6) is -1.17. The van der Waals surface area contributed by atoms with Crippen LogP contribution >= 0.6 is 0 Å². The van der Waals surface area contributed by atoms with Gasteiger partial charge in [0.05, 0.1) is 24.8 Å². The van der Waals surface area contributed by atoms with Crippen LogP contribution in [0.1, 0.15) is 35.1 Å². The maximum absolute atomic E-state index is 12.5. The summed E-state index contributed by atoms with van der Waals surface area (Å²) < 4.78 is 42.8. The first-order chi connectivity index (χ1) is 12.7. The van der Waals surface area contributed by atoms with Gasteiger partial charge < -0.3 is 14.7 Å². The van der Waals surface area contributed by atoms with E-state index in [1.54, 1.807) is 25.1 Å².